The van der Waals surface area contributed by atoms with E-state index in [1.807, 2.05) is 0 Å². The van der Waals surface area contributed by atoms with Crippen LogP contribution in [0.25, 0.3) is 11.1 Å². The molecule has 1 aromatic heterocycles. The van der Waals surface area contributed by atoms with Gasteiger partial charge in [-0.2, -0.15) is 18.3 Å². The van der Waals surface area contributed by atoms with Gasteiger partial charge in [0.25, 0.3) is 0 Å². The molecular weight excluding hydrogens is 253 g/mol. The molecule has 0 atom stereocenters. The summed E-state index contributed by atoms with van der Waals surface area (Å²) in [5.74, 6) is 0. The van der Waals surface area contributed by atoms with E-state index < -0.39 is 11.9 Å². The molecule has 6 heteroatoms. The zero-order chi connectivity index (χ0) is 12.6. The van der Waals surface area contributed by atoms with Gasteiger partial charge in [-0.05, 0) is 5.56 Å². The highest BCUT2D eigenvalue weighted by Gasteiger charge is 2.39. The standard InChI is InChI=1S/C11H8ClF3N2/c1-17-9(11(13,14)15)8(10(12)16-17)7-5-3-2-4-6-7/h2-6H,1H3. The van der Waals surface area contributed by atoms with E-state index in [-0.39, 0.29) is 10.7 Å². The molecule has 0 radical (unpaired) electrons. The van der Waals surface area contributed by atoms with Crippen LogP contribution in [0.3, 0.4) is 0 Å². The average molecular weight is 261 g/mol. The predicted molar refractivity (Wildman–Crippen MR) is 58.7 cm³/mol. The summed E-state index contributed by atoms with van der Waals surface area (Å²) >= 11 is 5.76. The second kappa shape index (κ2) is 4.07. The van der Waals surface area contributed by atoms with Crippen LogP contribution in [0.1, 0.15) is 5.69 Å². The van der Waals surface area contributed by atoms with Crippen LogP contribution < -0.4 is 0 Å². The normalized spacial score (nSPS) is 11.8. The van der Waals surface area contributed by atoms with Gasteiger partial charge in [0.15, 0.2) is 10.8 Å². The van der Waals surface area contributed by atoms with Gasteiger partial charge in [-0.1, -0.05) is 41.9 Å². The number of alkyl halides is 3. The highest BCUT2D eigenvalue weighted by Crippen LogP contribution is 2.40. The Balaban J connectivity index is 2.70. The topological polar surface area (TPSA) is 17.8 Å². The Morgan fingerprint density at radius 3 is 2.29 bits per heavy atom. The SMILES string of the molecule is Cn1nc(Cl)c(-c2ccccc2)c1C(F)(F)F. The minimum Gasteiger partial charge on any atom is -0.261 e. The highest BCUT2D eigenvalue weighted by molar-refractivity contribution is 6.32. The van der Waals surface area contributed by atoms with E-state index >= 15 is 0 Å². The van der Waals surface area contributed by atoms with Crippen LogP contribution in [-0.2, 0) is 13.2 Å². The molecule has 0 amide bonds. The molecule has 2 nitrogen and oxygen atoms in total. The maximum Gasteiger partial charge on any atom is 0.433 e. The van der Waals surface area contributed by atoms with Crippen molar-refractivity contribution in [1.82, 2.24) is 9.78 Å². The largest absolute Gasteiger partial charge is 0.433 e. The van der Waals surface area contributed by atoms with Gasteiger partial charge in [0.05, 0.1) is 5.56 Å². The minimum absolute atomic E-state index is 0.0812. The molecule has 0 spiro atoms. The van der Waals surface area contributed by atoms with Crippen LogP contribution >= 0.6 is 11.6 Å². The minimum atomic E-state index is -4.49. The lowest BCUT2D eigenvalue weighted by Gasteiger charge is -2.09. The number of aryl methyl sites for hydroxylation is 1. The lowest BCUT2D eigenvalue weighted by Crippen LogP contribution is -2.13. The molecule has 17 heavy (non-hydrogen) atoms. The van der Waals surface area contributed by atoms with Crippen LogP contribution in [0.2, 0.25) is 5.15 Å². The molecule has 0 aliphatic heterocycles. The Labute approximate surface area is 101 Å². The fourth-order valence-corrected chi connectivity index (χ4v) is 1.99. The second-order valence-electron chi connectivity index (χ2n) is 3.50. The summed E-state index contributed by atoms with van der Waals surface area (Å²) < 4.78 is 39.4. The Kier molecular flexibility index (Phi) is 2.87. The molecule has 2 rings (SSSR count). The molecule has 90 valence electrons. The molecule has 0 aliphatic rings. The van der Waals surface area contributed by atoms with Gasteiger partial charge in [0.1, 0.15) is 0 Å². The maximum absolute atomic E-state index is 12.9. The van der Waals surface area contributed by atoms with Crippen LogP contribution in [0.4, 0.5) is 13.2 Å². The summed E-state index contributed by atoms with van der Waals surface area (Å²) in [6.45, 7) is 0. The van der Waals surface area contributed by atoms with E-state index in [2.05, 4.69) is 5.10 Å². The van der Waals surface area contributed by atoms with E-state index in [0.29, 0.717) is 5.56 Å². The molecule has 1 aromatic carbocycles. The summed E-state index contributed by atoms with van der Waals surface area (Å²) in [6.07, 6.45) is -4.49. The highest BCUT2D eigenvalue weighted by atomic mass is 35.5. The molecule has 0 fully saturated rings. The molecule has 0 unspecified atom stereocenters. The molecular formula is C11H8ClF3N2. The first-order chi connectivity index (χ1) is 7.91. The third-order valence-corrected chi connectivity index (χ3v) is 2.60. The van der Waals surface area contributed by atoms with Gasteiger partial charge in [0.2, 0.25) is 0 Å². The summed E-state index contributed by atoms with van der Waals surface area (Å²) in [5.41, 5.74) is -0.520. The van der Waals surface area contributed by atoms with Crippen molar-refractivity contribution in [3.8, 4) is 11.1 Å². The van der Waals surface area contributed by atoms with Crippen molar-refractivity contribution < 1.29 is 13.2 Å². The van der Waals surface area contributed by atoms with Gasteiger partial charge in [-0.3, -0.25) is 4.68 Å². The van der Waals surface area contributed by atoms with Gasteiger partial charge < -0.3 is 0 Å². The van der Waals surface area contributed by atoms with E-state index in [1.165, 1.54) is 7.05 Å². The number of rotatable bonds is 1. The summed E-state index contributed by atoms with van der Waals surface area (Å²) in [7, 11) is 1.22. The quantitative estimate of drug-likeness (QED) is 0.763. The number of halogens is 4. The summed E-state index contributed by atoms with van der Waals surface area (Å²) in [5, 5.41) is 3.47. The third kappa shape index (κ3) is 2.15. The smallest absolute Gasteiger partial charge is 0.261 e. The molecule has 0 N–H and O–H groups in total. The summed E-state index contributed by atoms with van der Waals surface area (Å²) in [6, 6.07) is 8.16. The van der Waals surface area contributed by atoms with Gasteiger partial charge in [0, 0.05) is 7.05 Å². The molecule has 0 saturated heterocycles. The Bertz CT molecular complexity index is 532. The number of hydrogen-bond donors (Lipinski definition) is 0. The van der Waals surface area contributed by atoms with Crippen molar-refractivity contribution in [2.75, 3.05) is 0 Å². The first-order valence-corrected chi connectivity index (χ1v) is 5.14. The number of benzene rings is 1. The number of nitrogens with zero attached hydrogens (tertiary/aromatic N) is 2. The maximum atomic E-state index is 12.9. The Hall–Kier alpha value is -1.49. The number of hydrogen-bond acceptors (Lipinski definition) is 1. The van der Waals surface area contributed by atoms with Crippen LogP contribution in [0, 0.1) is 0 Å². The number of aromatic nitrogens is 2. The fraction of sp³-hybridized carbons (Fsp3) is 0.182. The van der Waals surface area contributed by atoms with E-state index in [9.17, 15) is 13.2 Å². The van der Waals surface area contributed by atoms with Crippen molar-refractivity contribution in [3.05, 3.63) is 41.2 Å². The van der Waals surface area contributed by atoms with Crippen molar-refractivity contribution >= 4 is 11.6 Å². The Morgan fingerprint density at radius 2 is 1.76 bits per heavy atom. The molecule has 0 aliphatic carbocycles. The fourth-order valence-electron chi connectivity index (χ4n) is 1.68. The Morgan fingerprint density at radius 1 is 1.18 bits per heavy atom. The van der Waals surface area contributed by atoms with E-state index in [4.69, 9.17) is 11.6 Å². The first-order valence-electron chi connectivity index (χ1n) is 4.76. The molecule has 2 aromatic rings. The lowest BCUT2D eigenvalue weighted by atomic mass is 10.1. The average Bonchev–Trinajstić information content (AvgIpc) is 2.54. The monoisotopic (exact) mass is 260 g/mol. The zero-order valence-corrected chi connectivity index (χ0v) is 9.55. The van der Waals surface area contributed by atoms with Crippen LogP contribution in [0.5, 0.6) is 0 Å². The lowest BCUT2D eigenvalue weighted by molar-refractivity contribution is -0.143. The van der Waals surface area contributed by atoms with Crippen molar-refractivity contribution in [1.29, 1.82) is 0 Å². The first kappa shape index (κ1) is 12.0. The van der Waals surface area contributed by atoms with Gasteiger partial charge in [-0.15, -0.1) is 0 Å². The van der Waals surface area contributed by atoms with Crippen molar-refractivity contribution in [2.24, 2.45) is 7.05 Å². The zero-order valence-electron chi connectivity index (χ0n) is 8.79. The van der Waals surface area contributed by atoms with Gasteiger partial charge in [-0.25, -0.2) is 0 Å². The van der Waals surface area contributed by atoms with Crippen LogP contribution in [0.15, 0.2) is 30.3 Å². The summed E-state index contributed by atoms with van der Waals surface area (Å²) in [4.78, 5) is 0. The molecule has 0 bridgehead atoms. The van der Waals surface area contributed by atoms with Crippen LogP contribution in [-0.4, -0.2) is 9.78 Å². The molecule has 0 saturated carbocycles. The molecule has 1 heterocycles. The predicted octanol–water partition coefficient (Wildman–Crippen LogP) is 3.76. The van der Waals surface area contributed by atoms with E-state index in [1.54, 1.807) is 30.3 Å². The van der Waals surface area contributed by atoms with Crippen molar-refractivity contribution in [3.63, 3.8) is 0 Å². The third-order valence-electron chi connectivity index (χ3n) is 2.34. The van der Waals surface area contributed by atoms with Crippen molar-refractivity contribution in [2.45, 2.75) is 6.18 Å². The van der Waals surface area contributed by atoms with Gasteiger partial charge >= 0.3 is 6.18 Å². The van der Waals surface area contributed by atoms with E-state index in [0.717, 1.165) is 4.68 Å². The second-order valence-corrected chi connectivity index (χ2v) is 3.86.